The summed E-state index contributed by atoms with van der Waals surface area (Å²) in [5, 5.41) is 11.2. The summed E-state index contributed by atoms with van der Waals surface area (Å²) < 4.78 is 28.0. The first-order chi connectivity index (χ1) is 9.91. The van der Waals surface area contributed by atoms with Gasteiger partial charge in [-0.3, -0.25) is 9.59 Å². The fourth-order valence-corrected chi connectivity index (χ4v) is 2.54. The molecule has 2 N–H and O–H groups in total. The molecule has 114 valence electrons. The van der Waals surface area contributed by atoms with E-state index in [2.05, 4.69) is 5.32 Å². The van der Waals surface area contributed by atoms with Gasteiger partial charge >= 0.3 is 11.9 Å². The second kappa shape index (κ2) is 6.20. The fraction of sp³-hybridized carbons (Fsp3) is 0.467. The van der Waals surface area contributed by atoms with Gasteiger partial charge in [0.2, 0.25) is 0 Å². The Morgan fingerprint density at radius 1 is 1.10 bits per heavy atom. The summed E-state index contributed by atoms with van der Waals surface area (Å²) in [6.45, 7) is 0. The highest BCUT2D eigenvalue weighted by molar-refractivity contribution is 5.85. The maximum absolute atomic E-state index is 14.0. The van der Waals surface area contributed by atoms with Crippen molar-refractivity contribution in [1.82, 2.24) is 5.32 Å². The van der Waals surface area contributed by atoms with Crippen LogP contribution in [-0.4, -0.2) is 23.0 Å². The van der Waals surface area contributed by atoms with Crippen molar-refractivity contribution in [3.8, 4) is 0 Å². The van der Waals surface area contributed by atoms with Gasteiger partial charge in [0.25, 0.3) is 5.91 Å². The number of amides is 1. The van der Waals surface area contributed by atoms with E-state index in [9.17, 15) is 18.4 Å². The van der Waals surface area contributed by atoms with E-state index in [-0.39, 0.29) is 11.6 Å². The third kappa shape index (κ3) is 3.56. The average Bonchev–Trinajstić information content (AvgIpc) is 2.48. The monoisotopic (exact) mass is 297 g/mol. The molecular formula is C15H17F2NO3. The lowest BCUT2D eigenvalue weighted by Gasteiger charge is -2.28. The van der Waals surface area contributed by atoms with Crippen molar-refractivity contribution >= 4 is 11.9 Å². The van der Waals surface area contributed by atoms with Crippen LogP contribution in [0.25, 0.3) is 0 Å². The summed E-state index contributed by atoms with van der Waals surface area (Å²) in [6, 6.07) is 6.54. The normalized spacial score (nSPS) is 22.6. The number of hydrogen-bond acceptors (Lipinski definition) is 2. The molecule has 0 spiro atoms. The Kier molecular flexibility index (Phi) is 4.55. The second-order valence-electron chi connectivity index (χ2n) is 5.30. The Balaban J connectivity index is 1.95. The van der Waals surface area contributed by atoms with Crippen LogP contribution in [-0.2, 0) is 15.5 Å². The Morgan fingerprint density at radius 2 is 1.67 bits per heavy atom. The number of alkyl halides is 2. The minimum atomic E-state index is -3.58. The molecule has 2 rings (SSSR count). The molecule has 0 aliphatic heterocycles. The number of nitrogens with one attached hydrogen (secondary N) is 1. The van der Waals surface area contributed by atoms with Crippen molar-refractivity contribution in [3.63, 3.8) is 0 Å². The highest BCUT2D eigenvalue weighted by Gasteiger charge is 2.42. The lowest BCUT2D eigenvalue weighted by Crippen LogP contribution is -2.45. The van der Waals surface area contributed by atoms with Crippen molar-refractivity contribution in [1.29, 1.82) is 0 Å². The van der Waals surface area contributed by atoms with Crippen LogP contribution in [0, 0.1) is 5.92 Å². The van der Waals surface area contributed by atoms with Crippen LogP contribution in [0.5, 0.6) is 0 Å². The molecule has 1 amide bonds. The van der Waals surface area contributed by atoms with E-state index in [0.29, 0.717) is 25.7 Å². The van der Waals surface area contributed by atoms with Crippen molar-refractivity contribution in [3.05, 3.63) is 35.9 Å². The van der Waals surface area contributed by atoms with Crippen LogP contribution in [0.15, 0.2) is 30.3 Å². The lowest BCUT2D eigenvalue weighted by atomic mass is 9.86. The third-order valence-electron chi connectivity index (χ3n) is 3.83. The number of carbonyl (C=O) groups is 2. The van der Waals surface area contributed by atoms with E-state index >= 15 is 0 Å². The lowest BCUT2D eigenvalue weighted by molar-refractivity contribution is -0.148. The van der Waals surface area contributed by atoms with Gasteiger partial charge in [0, 0.05) is 11.6 Å². The van der Waals surface area contributed by atoms with E-state index in [4.69, 9.17) is 5.11 Å². The Hall–Kier alpha value is -1.98. The van der Waals surface area contributed by atoms with Crippen molar-refractivity contribution in [2.24, 2.45) is 5.92 Å². The smallest absolute Gasteiger partial charge is 0.349 e. The predicted octanol–water partition coefficient (Wildman–Crippen LogP) is 2.54. The second-order valence-corrected chi connectivity index (χ2v) is 5.30. The van der Waals surface area contributed by atoms with Crippen LogP contribution in [0.3, 0.4) is 0 Å². The van der Waals surface area contributed by atoms with Gasteiger partial charge in [-0.15, -0.1) is 0 Å². The maximum atomic E-state index is 14.0. The van der Waals surface area contributed by atoms with E-state index < -0.39 is 23.7 Å². The number of rotatable bonds is 4. The van der Waals surface area contributed by atoms with Crippen LogP contribution in [0.4, 0.5) is 8.78 Å². The Bertz CT molecular complexity index is 511. The maximum Gasteiger partial charge on any atom is 0.349 e. The number of benzene rings is 1. The van der Waals surface area contributed by atoms with Gasteiger partial charge in [-0.2, -0.15) is 8.78 Å². The summed E-state index contributed by atoms with van der Waals surface area (Å²) >= 11 is 0. The minimum Gasteiger partial charge on any atom is -0.481 e. The fourth-order valence-electron chi connectivity index (χ4n) is 2.54. The Morgan fingerprint density at radius 3 is 2.19 bits per heavy atom. The van der Waals surface area contributed by atoms with Gasteiger partial charge in [0.15, 0.2) is 0 Å². The first-order valence-corrected chi connectivity index (χ1v) is 6.88. The number of halogens is 2. The quantitative estimate of drug-likeness (QED) is 0.897. The van der Waals surface area contributed by atoms with Gasteiger partial charge in [-0.05, 0) is 25.7 Å². The third-order valence-corrected chi connectivity index (χ3v) is 3.83. The van der Waals surface area contributed by atoms with E-state index in [0.717, 1.165) is 0 Å². The molecule has 1 aliphatic rings. The first kappa shape index (κ1) is 15.4. The summed E-state index contributed by atoms with van der Waals surface area (Å²) in [4.78, 5) is 22.6. The number of carboxylic acid groups (broad SMARTS) is 1. The molecule has 0 radical (unpaired) electrons. The molecule has 0 heterocycles. The van der Waals surface area contributed by atoms with Gasteiger partial charge < -0.3 is 10.4 Å². The van der Waals surface area contributed by atoms with Gasteiger partial charge in [-0.25, -0.2) is 0 Å². The number of hydrogen-bond donors (Lipinski definition) is 2. The molecule has 6 heteroatoms. The molecule has 0 atom stereocenters. The molecule has 1 aromatic rings. The molecular weight excluding hydrogens is 280 g/mol. The largest absolute Gasteiger partial charge is 0.481 e. The molecule has 0 saturated heterocycles. The number of carbonyl (C=O) groups excluding carboxylic acids is 1. The molecule has 4 nitrogen and oxygen atoms in total. The SMILES string of the molecule is O=C(O)C1CCC(NC(=O)C(F)(F)c2ccccc2)CC1. The first-order valence-electron chi connectivity index (χ1n) is 6.88. The average molecular weight is 297 g/mol. The zero-order valence-corrected chi connectivity index (χ0v) is 11.4. The van der Waals surface area contributed by atoms with Crippen LogP contribution < -0.4 is 5.32 Å². The summed E-state index contributed by atoms with van der Waals surface area (Å²) in [5.41, 5.74) is -0.346. The molecule has 1 aliphatic carbocycles. The van der Waals surface area contributed by atoms with Crippen LogP contribution in [0.1, 0.15) is 31.2 Å². The topological polar surface area (TPSA) is 66.4 Å². The van der Waals surface area contributed by atoms with Gasteiger partial charge in [0.05, 0.1) is 5.92 Å². The van der Waals surface area contributed by atoms with Gasteiger partial charge in [0.1, 0.15) is 0 Å². The van der Waals surface area contributed by atoms with Gasteiger partial charge in [-0.1, -0.05) is 30.3 Å². The summed E-state index contributed by atoms with van der Waals surface area (Å²) in [6.07, 6.45) is 1.62. The molecule has 21 heavy (non-hydrogen) atoms. The van der Waals surface area contributed by atoms with Crippen molar-refractivity contribution in [2.45, 2.75) is 37.6 Å². The van der Waals surface area contributed by atoms with Crippen molar-refractivity contribution < 1.29 is 23.5 Å². The number of carboxylic acids is 1. The summed E-state index contributed by atoms with van der Waals surface area (Å²) in [7, 11) is 0. The van der Waals surface area contributed by atoms with E-state index in [1.54, 1.807) is 6.07 Å². The minimum absolute atomic E-state index is 0.346. The van der Waals surface area contributed by atoms with Crippen LogP contribution in [0.2, 0.25) is 0 Å². The van der Waals surface area contributed by atoms with Crippen molar-refractivity contribution in [2.75, 3.05) is 0 Å². The van der Waals surface area contributed by atoms with Crippen LogP contribution >= 0.6 is 0 Å². The standard InChI is InChI=1S/C15H17F2NO3/c16-15(17,11-4-2-1-3-5-11)14(21)18-12-8-6-10(7-9-12)13(19)20/h1-5,10,12H,6-9H2,(H,18,21)(H,19,20). The Labute approximate surface area is 121 Å². The predicted molar refractivity (Wildman–Crippen MR) is 71.9 cm³/mol. The highest BCUT2D eigenvalue weighted by atomic mass is 19.3. The molecule has 1 fully saturated rings. The van der Waals surface area contributed by atoms with E-state index in [1.165, 1.54) is 24.3 Å². The zero-order chi connectivity index (χ0) is 15.5. The zero-order valence-electron chi connectivity index (χ0n) is 11.4. The molecule has 0 bridgehead atoms. The molecule has 0 aromatic heterocycles. The highest BCUT2D eigenvalue weighted by Crippen LogP contribution is 2.30. The van der Waals surface area contributed by atoms with E-state index in [1.807, 2.05) is 0 Å². The molecule has 0 unspecified atom stereocenters. The number of aliphatic carboxylic acids is 1. The summed E-state index contributed by atoms with van der Waals surface area (Å²) in [5.74, 6) is -6.21. The molecule has 1 aromatic carbocycles. The molecule has 1 saturated carbocycles.